The molecule has 1 fully saturated rings. The highest BCUT2D eigenvalue weighted by Gasteiger charge is 2.47. The molecule has 1 amide bonds. The summed E-state index contributed by atoms with van der Waals surface area (Å²) < 4.78 is 5.19. The van der Waals surface area contributed by atoms with E-state index in [1.165, 1.54) is 4.90 Å². The Labute approximate surface area is 174 Å². The molecule has 150 valence electrons. The normalized spacial score (nSPS) is 17.9. The molecule has 3 aromatic rings. The highest BCUT2D eigenvalue weighted by Crippen LogP contribution is 2.42. The van der Waals surface area contributed by atoms with E-state index < -0.39 is 17.7 Å². The van der Waals surface area contributed by atoms with Crippen LogP contribution in [0.2, 0.25) is 0 Å². The maximum Gasteiger partial charge on any atom is 0.300 e. The Hall–Kier alpha value is -3.93. The molecule has 1 aliphatic heterocycles. The van der Waals surface area contributed by atoms with Crippen molar-refractivity contribution in [3.63, 3.8) is 0 Å². The largest absolute Gasteiger partial charge is 0.507 e. The molecule has 0 spiro atoms. The molecule has 1 aliphatic rings. The number of ether oxygens (including phenoxy) is 1. The molecule has 1 unspecified atom stereocenters. The smallest absolute Gasteiger partial charge is 0.300 e. The molecule has 0 bridgehead atoms. The molecule has 1 aromatic heterocycles. The predicted octanol–water partition coefficient (Wildman–Crippen LogP) is 3.44. The van der Waals surface area contributed by atoms with Gasteiger partial charge >= 0.3 is 0 Å². The first-order valence-corrected chi connectivity index (χ1v) is 9.49. The number of aromatic amines is 1. The molecule has 6 heteroatoms. The molecule has 30 heavy (non-hydrogen) atoms. The number of pyridine rings is 1. The van der Waals surface area contributed by atoms with Gasteiger partial charge in [0.25, 0.3) is 11.7 Å². The van der Waals surface area contributed by atoms with E-state index >= 15 is 0 Å². The minimum absolute atomic E-state index is 0.0549. The fourth-order valence-electron chi connectivity index (χ4n) is 3.60. The van der Waals surface area contributed by atoms with E-state index in [4.69, 9.17) is 4.74 Å². The highest BCUT2D eigenvalue weighted by molar-refractivity contribution is 6.51. The monoisotopic (exact) mass is 401 g/mol. The lowest BCUT2D eigenvalue weighted by atomic mass is 9.96. The van der Waals surface area contributed by atoms with Gasteiger partial charge in [0.1, 0.15) is 17.6 Å². The topological polar surface area (TPSA) is 81.0 Å². The van der Waals surface area contributed by atoms with E-state index in [-0.39, 0.29) is 11.3 Å². The number of aliphatic hydroxyl groups excluding tert-OH is 1. The second-order valence-corrected chi connectivity index (χ2v) is 7.07. The number of carbonyl (C=O) groups excluding carboxylic acids is 2. The van der Waals surface area contributed by atoms with E-state index in [0.717, 1.165) is 5.56 Å². The number of nitrogens with zero attached hydrogens (tertiary/aromatic N) is 1. The zero-order chi connectivity index (χ0) is 21.3. The first-order valence-electron chi connectivity index (χ1n) is 9.49. The van der Waals surface area contributed by atoms with Gasteiger partial charge in [0.15, 0.2) is 12.4 Å². The Balaban J connectivity index is 1.90. The molecule has 1 atom stereocenters. The van der Waals surface area contributed by atoms with Crippen molar-refractivity contribution < 1.29 is 24.4 Å². The average molecular weight is 401 g/mol. The molecule has 6 nitrogen and oxygen atoms in total. The average Bonchev–Trinajstić information content (AvgIpc) is 3.05. The Morgan fingerprint density at radius 3 is 2.33 bits per heavy atom. The van der Waals surface area contributed by atoms with Gasteiger partial charge in [-0.1, -0.05) is 29.8 Å². The van der Waals surface area contributed by atoms with Crippen molar-refractivity contribution in [2.45, 2.75) is 13.0 Å². The molecular formula is C24H21N2O4+. The predicted molar refractivity (Wildman–Crippen MR) is 112 cm³/mol. The summed E-state index contributed by atoms with van der Waals surface area (Å²) in [6, 6.07) is 16.9. The van der Waals surface area contributed by atoms with Crippen LogP contribution in [0.1, 0.15) is 22.7 Å². The quantitative estimate of drug-likeness (QED) is 0.413. The summed E-state index contributed by atoms with van der Waals surface area (Å²) in [4.78, 5) is 30.5. The number of methoxy groups -OCH3 is 1. The van der Waals surface area contributed by atoms with E-state index in [9.17, 15) is 14.7 Å². The second-order valence-electron chi connectivity index (χ2n) is 7.07. The molecule has 1 saturated heterocycles. The number of carbonyl (C=O) groups is 2. The second kappa shape index (κ2) is 7.83. The van der Waals surface area contributed by atoms with E-state index in [0.29, 0.717) is 22.6 Å². The Morgan fingerprint density at radius 1 is 1.03 bits per heavy atom. The SMILES string of the molecule is COc1ccc(N2C(=O)C(=O)C(=C(O)c3ccc(C)cc3)C2c2ccc[nH+]c2)cc1. The summed E-state index contributed by atoms with van der Waals surface area (Å²) in [5.74, 6) is -0.974. The van der Waals surface area contributed by atoms with Gasteiger partial charge in [-0.2, -0.15) is 0 Å². The van der Waals surface area contributed by atoms with Crippen LogP contribution < -0.4 is 14.6 Å². The highest BCUT2D eigenvalue weighted by atomic mass is 16.5. The molecule has 2 heterocycles. The van der Waals surface area contributed by atoms with Crippen molar-refractivity contribution in [1.29, 1.82) is 0 Å². The summed E-state index contributed by atoms with van der Waals surface area (Å²) in [6.07, 6.45) is 3.46. The van der Waals surface area contributed by atoms with Gasteiger partial charge in [-0.25, -0.2) is 4.98 Å². The van der Waals surface area contributed by atoms with Crippen LogP contribution in [0.15, 0.2) is 78.6 Å². The first-order chi connectivity index (χ1) is 14.5. The van der Waals surface area contributed by atoms with Crippen LogP contribution in [0.4, 0.5) is 5.69 Å². The van der Waals surface area contributed by atoms with Gasteiger partial charge in [-0.3, -0.25) is 14.5 Å². The molecule has 2 aromatic carbocycles. The first kappa shape index (κ1) is 19.4. The van der Waals surface area contributed by atoms with Crippen molar-refractivity contribution in [3.05, 3.63) is 95.3 Å². The summed E-state index contributed by atoms with van der Waals surface area (Å²) in [6.45, 7) is 1.94. The van der Waals surface area contributed by atoms with E-state index in [2.05, 4.69) is 4.98 Å². The van der Waals surface area contributed by atoms with Crippen molar-refractivity contribution in [3.8, 4) is 5.75 Å². The number of hydrogen-bond donors (Lipinski definition) is 1. The van der Waals surface area contributed by atoms with Gasteiger partial charge in [0.05, 0.1) is 12.7 Å². The Morgan fingerprint density at radius 2 is 1.73 bits per heavy atom. The maximum atomic E-state index is 13.0. The zero-order valence-corrected chi connectivity index (χ0v) is 16.6. The van der Waals surface area contributed by atoms with E-state index in [1.54, 1.807) is 62.0 Å². The number of Topliss-reactive ketones (excluding diaryl/α,β-unsaturated/α-hetero) is 1. The third kappa shape index (κ3) is 3.33. The number of hydrogen-bond acceptors (Lipinski definition) is 4. The van der Waals surface area contributed by atoms with Crippen molar-refractivity contribution in [1.82, 2.24) is 0 Å². The molecule has 0 radical (unpaired) electrons. The van der Waals surface area contributed by atoms with Crippen LogP contribution in [0, 0.1) is 6.92 Å². The van der Waals surface area contributed by atoms with Gasteiger partial charge in [-0.15, -0.1) is 0 Å². The van der Waals surface area contributed by atoms with Gasteiger partial charge in [-0.05, 0) is 37.3 Å². The van der Waals surface area contributed by atoms with Crippen LogP contribution in [-0.2, 0) is 9.59 Å². The lowest BCUT2D eigenvalue weighted by Gasteiger charge is -2.24. The molecule has 0 saturated carbocycles. The van der Waals surface area contributed by atoms with Gasteiger partial charge < -0.3 is 9.84 Å². The van der Waals surface area contributed by atoms with Crippen LogP contribution in [-0.4, -0.2) is 23.9 Å². The van der Waals surface area contributed by atoms with Crippen molar-refractivity contribution in [2.75, 3.05) is 12.0 Å². The third-order valence-electron chi connectivity index (χ3n) is 5.17. The number of amides is 1. The van der Waals surface area contributed by atoms with Crippen LogP contribution >= 0.6 is 0 Å². The van der Waals surface area contributed by atoms with Crippen LogP contribution in [0.3, 0.4) is 0 Å². The number of aliphatic hydroxyl groups is 1. The minimum Gasteiger partial charge on any atom is -0.507 e. The lowest BCUT2D eigenvalue weighted by molar-refractivity contribution is -0.378. The standard InChI is InChI=1S/C24H20N2O4/c1-15-5-7-16(8-6-15)22(27)20-21(17-4-3-13-25-14-17)26(24(29)23(20)28)18-9-11-19(30-2)12-10-18/h3-14,21,27H,1-2H3/p+1. The molecule has 4 rings (SSSR count). The molecule has 2 N–H and O–H groups in total. The third-order valence-corrected chi connectivity index (χ3v) is 5.17. The Kier molecular flexibility index (Phi) is 5.06. The van der Waals surface area contributed by atoms with Gasteiger partial charge in [0.2, 0.25) is 0 Å². The zero-order valence-electron chi connectivity index (χ0n) is 16.6. The van der Waals surface area contributed by atoms with Gasteiger partial charge in [0, 0.05) is 22.9 Å². The minimum atomic E-state index is -0.767. The molecular weight excluding hydrogens is 380 g/mol. The number of H-pyrrole nitrogens is 1. The Bertz CT molecular complexity index is 1120. The van der Waals surface area contributed by atoms with Crippen LogP contribution in [0.25, 0.3) is 5.76 Å². The maximum absolute atomic E-state index is 13.0. The number of anilines is 1. The van der Waals surface area contributed by atoms with Crippen molar-refractivity contribution in [2.24, 2.45) is 0 Å². The number of benzene rings is 2. The summed E-state index contributed by atoms with van der Waals surface area (Å²) in [5.41, 5.74) is 2.79. The summed E-state index contributed by atoms with van der Waals surface area (Å²) >= 11 is 0. The number of ketones is 1. The lowest BCUT2D eigenvalue weighted by Crippen LogP contribution is -2.29. The number of nitrogens with one attached hydrogen (secondary N) is 1. The number of aromatic nitrogens is 1. The van der Waals surface area contributed by atoms with Crippen molar-refractivity contribution >= 4 is 23.1 Å². The summed E-state index contributed by atoms with van der Waals surface area (Å²) in [7, 11) is 1.56. The number of aryl methyl sites for hydroxylation is 1. The fourth-order valence-corrected chi connectivity index (χ4v) is 3.60. The fraction of sp³-hybridized carbons (Fsp3) is 0.125. The van der Waals surface area contributed by atoms with Crippen LogP contribution in [0.5, 0.6) is 5.75 Å². The number of rotatable bonds is 4. The van der Waals surface area contributed by atoms with E-state index in [1.807, 2.05) is 25.1 Å². The summed E-state index contributed by atoms with van der Waals surface area (Å²) in [5, 5.41) is 11.0. The molecule has 0 aliphatic carbocycles.